The summed E-state index contributed by atoms with van der Waals surface area (Å²) < 4.78 is 1.02. The predicted molar refractivity (Wildman–Crippen MR) is 36.9 cm³/mol. The lowest BCUT2D eigenvalue weighted by molar-refractivity contribution is 1.47. The molecule has 0 amide bonds. The molecule has 0 aliphatic heterocycles. The summed E-state index contributed by atoms with van der Waals surface area (Å²) in [5.41, 5.74) is 7.62. The smallest absolute Gasteiger partial charge is 0.0540 e. The second kappa shape index (κ2) is 2.18. The number of rotatable bonds is 0. The van der Waals surface area contributed by atoms with Crippen LogP contribution < -0.4 is 5.73 Å². The lowest BCUT2D eigenvalue weighted by Crippen LogP contribution is -1.65. The van der Waals surface area contributed by atoms with Crippen molar-refractivity contribution in [1.29, 1.82) is 0 Å². The van der Waals surface area contributed by atoms with Crippen LogP contribution in [-0.2, 0) is 0 Å². The van der Waals surface area contributed by atoms with Crippen LogP contribution in [0.15, 0.2) is 28.7 Å². The first kappa shape index (κ1) is 5.63. The maximum Gasteiger partial charge on any atom is 0.0540 e. The van der Waals surface area contributed by atoms with Crippen molar-refractivity contribution in [3.8, 4) is 0 Å². The lowest BCUT2D eigenvalue weighted by atomic mass is 10.3. The van der Waals surface area contributed by atoms with Gasteiger partial charge in [-0.25, -0.2) is 0 Å². The molecular formula is C6H5BrN. The Morgan fingerprint density at radius 2 is 1.62 bits per heavy atom. The van der Waals surface area contributed by atoms with Crippen LogP contribution in [-0.4, -0.2) is 0 Å². The van der Waals surface area contributed by atoms with Gasteiger partial charge in [0.05, 0.1) is 5.69 Å². The molecule has 0 unspecified atom stereocenters. The van der Waals surface area contributed by atoms with Gasteiger partial charge in [0, 0.05) is 4.47 Å². The number of nitrogens with one attached hydrogen (secondary N) is 1. The van der Waals surface area contributed by atoms with Crippen molar-refractivity contribution in [2.75, 3.05) is 0 Å². The Labute approximate surface area is 56.6 Å². The van der Waals surface area contributed by atoms with E-state index in [-0.39, 0.29) is 0 Å². The van der Waals surface area contributed by atoms with E-state index in [0.717, 1.165) is 4.47 Å². The molecule has 0 bridgehead atoms. The zero-order valence-corrected chi connectivity index (χ0v) is 5.77. The van der Waals surface area contributed by atoms with Gasteiger partial charge in [-0.3, -0.25) is 0 Å². The van der Waals surface area contributed by atoms with E-state index in [1.54, 1.807) is 12.1 Å². The molecule has 1 N–H and O–H groups in total. The molecule has 2 heteroatoms. The monoisotopic (exact) mass is 170 g/mol. The molecule has 1 radical (unpaired) electrons. The van der Waals surface area contributed by atoms with Gasteiger partial charge in [-0.05, 0) is 24.3 Å². The van der Waals surface area contributed by atoms with Crippen LogP contribution in [0.25, 0.3) is 0 Å². The highest BCUT2D eigenvalue weighted by molar-refractivity contribution is 9.10. The molecule has 41 valence electrons. The quantitative estimate of drug-likeness (QED) is 0.572. The van der Waals surface area contributed by atoms with Gasteiger partial charge in [-0.2, -0.15) is 0 Å². The number of halogens is 1. The van der Waals surface area contributed by atoms with Crippen LogP contribution >= 0.6 is 15.9 Å². The molecule has 0 atom stereocenters. The first-order chi connectivity index (χ1) is 3.79. The van der Waals surface area contributed by atoms with Crippen molar-refractivity contribution in [1.82, 2.24) is 5.73 Å². The zero-order chi connectivity index (χ0) is 5.98. The van der Waals surface area contributed by atoms with Crippen LogP contribution in [0.4, 0.5) is 5.69 Å². The maximum absolute atomic E-state index is 7.07. The summed E-state index contributed by atoms with van der Waals surface area (Å²) in [7, 11) is 0. The minimum absolute atomic E-state index is 0.549. The molecule has 0 spiro atoms. The summed E-state index contributed by atoms with van der Waals surface area (Å²) in [4.78, 5) is 0. The van der Waals surface area contributed by atoms with Gasteiger partial charge in [0.1, 0.15) is 0 Å². The highest BCUT2D eigenvalue weighted by atomic mass is 79.9. The Morgan fingerprint density at radius 3 is 2.00 bits per heavy atom. The molecule has 0 fully saturated rings. The van der Waals surface area contributed by atoms with Crippen molar-refractivity contribution in [3.05, 3.63) is 28.7 Å². The largest absolute Gasteiger partial charge is 0.301 e. The van der Waals surface area contributed by atoms with Gasteiger partial charge in [-0.1, -0.05) is 15.9 Å². The van der Waals surface area contributed by atoms with E-state index in [1.165, 1.54) is 0 Å². The lowest BCUT2D eigenvalue weighted by Gasteiger charge is -1.87. The summed E-state index contributed by atoms with van der Waals surface area (Å²) in [5, 5.41) is 0. The van der Waals surface area contributed by atoms with Crippen LogP contribution in [0.5, 0.6) is 0 Å². The highest BCUT2D eigenvalue weighted by Crippen LogP contribution is 2.11. The minimum atomic E-state index is 0.549. The summed E-state index contributed by atoms with van der Waals surface area (Å²) in [6, 6.07) is 7.18. The molecule has 0 aliphatic rings. The third-order valence-corrected chi connectivity index (χ3v) is 1.37. The van der Waals surface area contributed by atoms with Gasteiger partial charge in [0.25, 0.3) is 0 Å². The Balaban J connectivity index is 3.03. The van der Waals surface area contributed by atoms with Gasteiger partial charge >= 0.3 is 0 Å². The van der Waals surface area contributed by atoms with Gasteiger partial charge < -0.3 is 5.73 Å². The third kappa shape index (κ3) is 1.23. The van der Waals surface area contributed by atoms with Crippen LogP contribution in [0, 0.1) is 0 Å². The standard InChI is InChI=1S/C6H5BrN/c7-5-1-3-6(8)4-2-5/h1-4,8H. The average Bonchev–Trinajstić information content (AvgIpc) is 1.77. The Hall–Kier alpha value is -0.500. The fraction of sp³-hybridized carbons (Fsp3) is 0. The highest BCUT2D eigenvalue weighted by Gasteiger charge is 1.82. The fourth-order valence-corrected chi connectivity index (χ4v) is 0.714. The van der Waals surface area contributed by atoms with Crippen molar-refractivity contribution >= 4 is 21.6 Å². The summed E-state index contributed by atoms with van der Waals surface area (Å²) in [6.07, 6.45) is 0. The number of hydrogen-bond donors (Lipinski definition) is 0. The molecule has 0 saturated heterocycles. The second-order valence-electron chi connectivity index (χ2n) is 1.51. The van der Waals surface area contributed by atoms with Crippen molar-refractivity contribution in [3.63, 3.8) is 0 Å². The molecule has 0 aliphatic carbocycles. The van der Waals surface area contributed by atoms with Crippen molar-refractivity contribution < 1.29 is 0 Å². The Bertz CT molecular complexity index is 147. The SMILES string of the molecule is [NH]c1ccc(Br)cc1. The van der Waals surface area contributed by atoms with E-state index in [9.17, 15) is 0 Å². The van der Waals surface area contributed by atoms with E-state index in [4.69, 9.17) is 5.73 Å². The molecule has 8 heavy (non-hydrogen) atoms. The molecule has 0 saturated carbocycles. The minimum Gasteiger partial charge on any atom is -0.301 e. The van der Waals surface area contributed by atoms with E-state index in [1.807, 2.05) is 12.1 Å². The molecule has 0 aromatic heterocycles. The predicted octanol–water partition coefficient (Wildman–Crippen LogP) is 2.36. The van der Waals surface area contributed by atoms with Gasteiger partial charge in [-0.15, -0.1) is 0 Å². The first-order valence-electron chi connectivity index (χ1n) is 2.26. The summed E-state index contributed by atoms with van der Waals surface area (Å²) >= 11 is 3.26. The van der Waals surface area contributed by atoms with Gasteiger partial charge in [0.2, 0.25) is 0 Å². The molecule has 1 rings (SSSR count). The summed E-state index contributed by atoms with van der Waals surface area (Å²) in [5.74, 6) is 0. The van der Waals surface area contributed by atoms with Crippen LogP contribution in [0.3, 0.4) is 0 Å². The first-order valence-corrected chi connectivity index (χ1v) is 3.05. The molecule has 1 aromatic carbocycles. The number of benzene rings is 1. The third-order valence-electron chi connectivity index (χ3n) is 0.844. The van der Waals surface area contributed by atoms with E-state index in [2.05, 4.69) is 15.9 Å². The average molecular weight is 171 g/mol. The normalized spacial score (nSPS) is 9.12. The Kier molecular flexibility index (Phi) is 1.53. The molecule has 1 aromatic rings. The number of hydrogen-bond acceptors (Lipinski definition) is 0. The molecular weight excluding hydrogens is 166 g/mol. The maximum atomic E-state index is 7.07. The van der Waals surface area contributed by atoms with Gasteiger partial charge in [0.15, 0.2) is 0 Å². The summed E-state index contributed by atoms with van der Waals surface area (Å²) in [6.45, 7) is 0. The fourth-order valence-electron chi connectivity index (χ4n) is 0.450. The van der Waals surface area contributed by atoms with E-state index in [0.29, 0.717) is 5.69 Å². The van der Waals surface area contributed by atoms with E-state index < -0.39 is 0 Å². The molecule has 1 nitrogen and oxygen atoms in total. The molecule has 0 heterocycles. The van der Waals surface area contributed by atoms with Crippen LogP contribution in [0.1, 0.15) is 0 Å². The zero-order valence-electron chi connectivity index (χ0n) is 4.19. The van der Waals surface area contributed by atoms with Crippen molar-refractivity contribution in [2.24, 2.45) is 0 Å². The van der Waals surface area contributed by atoms with E-state index >= 15 is 0 Å². The Morgan fingerprint density at radius 1 is 1.12 bits per heavy atom. The second-order valence-corrected chi connectivity index (χ2v) is 2.42. The topological polar surface area (TPSA) is 23.8 Å². The van der Waals surface area contributed by atoms with Crippen molar-refractivity contribution in [2.45, 2.75) is 0 Å². The van der Waals surface area contributed by atoms with Crippen LogP contribution in [0.2, 0.25) is 0 Å².